The molecule has 0 aliphatic heterocycles. The fourth-order valence-electron chi connectivity index (χ4n) is 6.32. The summed E-state index contributed by atoms with van der Waals surface area (Å²) in [6, 6.07) is 41.5. The van der Waals surface area contributed by atoms with Crippen LogP contribution in [0.15, 0.2) is 97.1 Å². The van der Waals surface area contributed by atoms with E-state index in [1.165, 1.54) is 21.9 Å². The van der Waals surface area contributed by atoms with Gasteiger partial charge >= 0.3 is 21.1 Å². The number of aromatic nitrogens is 2. The Balaban J connectivity index is 0.00000417. The van der Waals surface area contributed by atoms with Gasteiger partial charge in [-0.05, 0) is 93.7 Å². The second-order valence-electron chi connectivity index (χ2n) is 15.5. The zero-order valence-corrected chi connectivity index (χ0v) is 30.6. The summed E-state index contributed by atoms with van der Waals surface area (Å²) in [5, 5.41) is 4.69. The molecule has 0 fully saturated rings. The molecule has 0 aliphatic rings. The molecule has 0 aliphatic carbocycles. The zero-order valence-electron chi connectivity index (χ0n) is 28.4. The van der Waals surface area contributed by atoms with E-state index < -0.39 is 5.41 Å². The third-order valence-electron chi connectivity index (χ3n) is 8.47. The third kappa shape index (κ3) is 7.34. The van der Waals surface area contributed by atoms with Gasteiger partial charge < -0.3 is 0 Å². The molecular formula is C43H44N2Pt. The molecule has 6 rings (SSSR count). The van der Waals surface area contributed by atoms with Crippen LogP contribution >= 0.6 is 0 Å². The van der Waals surface area contributed by atoms with Crippen LogP contribution in [0.3, 0.4) is 0 Å². The van der Waals surface area contributed by atoms with Crippen LogP contribution in [-0.2, 0) is 39.3 Å². The normalized spacial score (nSPS) is 12.3. The molecule has 4 aromatic carbocycles. The number of benzene rings is 4. The molecular weight excluding hydrogens is 740 g/mol. The average Bonchev–Trinajstić information content (AvgIpc) is 2.99. The topological polar surface area (TPSA) is 25.8 Å². The minimum absolute atomic E-state index is 0. The molecule has 46 heavy (non-hydrogen) atoms. The van der Waals surface area contributed by atoms with Gasteiger partial charge in [0.15, 0.2) is 0 Å². The minimum Gasteiger partial charge on any atom is -0.300 e. The largest absolute Gasteiger partial charge is 2.00 e. The van der Waals surface area contributed by atoms with Crippen molar-refractivity contribution in [3.8, 4) is 22.5 Å². The first-order chi connectivity index (χ1) is 21.3. The summed E-state index contributed by atoms with van der Waals surface area (Å²) in [7, 11) is 0. The Morgan fingerprint density at radius 2 is 0.935 bits per heavy atom. The SMILES string of the molecule is CC(C)(C)Cc1ccc2c(-c3[c-]cccc3)nc(C(C)(C)c3cc4cc(CC(C)(C)C)ccc4c(-c4[c-]cccc4)n3)cc2c1.[Pt+2]. The summed E-state index contributed by atoms with van der Waals surface area (Å²) < 4.78 is 0. The molecule has 0 unspecified atom stereocenters. The van der Waals surface area contributed by atoms with Gasteiger partial charge in [0, 0.05) is 16.8 Å². The molecule has 2 heterocycles. The summed E-state index contributed by atoms with van der Waals surface area (Å²) in [6.07, 6.45) is 2.02. The van der Waals surface area contributed by atoms with Crippen LogP contribution in [0.1, 0.15) is 77.9 Å². The summed E-state index contributed by atoms with van der Waals surface area (Å²) in [6.45, 7) is 18.3. The van der Waals surface area contributed by atoms with Crippen LogP contribution in [0.4, 0.5) is 0 Å². The Kier molecular flexibility index (Phi) is 9.45. The zero-order chi connectivity index (χ0) is 32.0. The van der Waals surface area contributed by atoms with E-state index in [2.05, 4.69) is 140 Å². The van der Waals surface area contributed by atoms with E-state index in [0.29, 0.717) is 0 Å². The molecule has 0 saturated carbocycles. The molecule has 0 bridgehead atoms. The fourth-order valence-corrected chi connectivity index (χ4v) is 6.32. The molecule has 0 amide bonds. The number of fused-ring (bicyclic) bond motifs is 2. The van der Waals surface area contributed by atoms with Gasteiger partial charge in [0.05, 0.1) is 0 Å². The summed E-state index contributed by atoms with van der Waals surface area (Å²) >= 11 is 0. The van der Waals surface area contributed by atoms with Gasteiger partial charge in [0.1, 0.15) is 0 Å². The Bertz CT molecular complexity index is 1830. The van der Waals surface area contributed by atoms with Gasteiger partial charge in [0.25, 0.3) is 0 Å². The van der Waals surface area contributed by atoms with E-state index in [9.17, 15) is 0 Å². The van der Waals surface area contributed by atoms with E-state index in [1.54, 1.807) is 0 Å². The van der Waals surface area contributed by atoms with Gasteiger partial charge in [-0.3, -0.25) is 9.97 Å². The predicted octanol–water partition coefficient (Wildman–Crippen LogP) is 11.2. The van der Waals surface area contributed by atoms with Gasteiger partial charge in [-0.15, -0.1) is 71.8 Å². The van der Waals surface area contributed by atoms with E-state index in [1.807, 2.05) is 24.3 Å². The van der Waals surface area contributed by atoms with Crippen molar-refractivity contribution in [1.29, 1.82) is 0 Å². The Morgan fingerprint density at radius 1 is 0.522 bits per heavy atom. The smallest absolute Gasteiger partial charge is 0.300 e. The van der Waals surface area contributed by atoms with Gasteiger partial charge in [-0.2, -0.15) is 0 Å². The average molecular weight is 784 g/mol. The van der Waals surface area contributed by atoms with Crippen LogP contribution in [0.2, 0.25) is 0 Å². The summed E-state index contributed by atoms with van der Waals surface area (Å²) in [5.41, 5.74) is 8.52. The van der Waals surface area contributed by atoms with Crippen LogP contribution in [0, 0.1) is 23.0 Å². The maximum atomic E-state index is 5.39. The fraction of sp³-hybridized carbons (Fsp3) is 0.302. The summed E-state index contributed by atoms with van der Waals surface area (Å²) in [4.78, 5) is 10.8. The number of nitrogens with zero attached hydrogens (tertiary/aromatic N) is 2. The Hall–Kier alpha value is -3.61. The monoisotopic (exact) mass is 783 g/mol. The van der Waals surface area contributed by atoms with E-state index >= 15 is 0 Å². The van der Waals surface area contributed by atoms with Crippen LogP contribution < -0.4 is 0 Å². The molecule has 0 saturated heterocycles. The molecule has 0 N–H and O–H groups in total. The van der Waals surface area contributed by atoms with Crippen molar-refractivity contribution in [2.24, 2.45) is 10.8 Å². The molecule has 3 heteroatoms. The molecule has 2 nitrogen and oxygen atoms in total. The number of rotatable bonds is 6. The number of hydrogen-bond donors (Lipinski definition) is 0. The van der Waals surface area contributed by atoms with Gasteiger partial charge in [0.2, 0.25) is 0 Å². The van der Waals surface area contributed by atoms with Crippen LogP contribution in [0.25, 0.3) is 44.1 Å². The van der Waals surface area contributed by atoms with E-state index in [4.69, 9.17) is 9.97 Å². The van der Waals surface area contributed by atoms with E-state index in [0.717, 1.165) is 57.5 Å². The van der Waals surface area contributed by atoms with Crippen molar-refractivity contribution in [2.45, 2.75) is 73.6 Å². The second-order valence-corrected chi connectivity index (χ2v) is 15.5. The Morgan fingerprint density at radius 3 is 1.28 bits per heavy atom. The molecule has 0 atom stereocenters. The molecule has 236 valence electrons. The maximum absolute atomic E-state index is 5.39. The van der Waals surface area contributed by atoms with Crippen molar-refractivity contribution in [3.63, 3.8) is 0 Å². The van der Waals surface area contributed by atoms with Crippen molar-refractivity contribution in [2.75, 3.05) is 0 Å². The van der Waals surface area contributed by atoms with Crippen LogP contribution in [0.5, 0.6) is 0 Å². The first-order valence-electron chi connectivity index (χ1n) is 16.1. The van der Waals surface area contributed by atoms with E-state index in [-0.39, 0.29) is 31.9 Å². The van der Waals surface area contributed by atoms with Crippen molar-refractivity contribution >= 4 is 21.5 Å². The van der Waals surface area contributed by atoms with Crippen molar-refractivity contribution < 1.29 is 21.1 Å². The molecule has 2 aromatic heterocycles. The quantitative estimate of drug-likeness (QED) is 0.157. The predicted molar refractivity (Wildman–Crippen MR) is 190 cm³/mol. The Labute approximate surface area is 290 Å². The van der Waals surface area contributed by atoms with Crippen molar-refractivity contribution in [1.82, 2.24) is 9.97 Å². The first-order valence-corrected chi connectivity index (χ1v) is 16.1. The molecule has 0 spiro atoms. The summed E-state index contributed by atoms with van der Waals surface area (Å²) in [5.74, 6) is 0. The number of hydrogen-bond acceptors (Lipinski definition) is 2. The minimum atomic E-state index is -0.477. The van der Waals surface area contributed by atoms with Crippen LogP contribution in [-0.4, -0.2) is 9.97 Å². The second kappa shape index (κ2) is 12.9. The van der Waals surface area contributed by atoms with Gasteiger partial charge in [-0.25, -0.2) is 0 Å². The maximum Gasteiger partial charge on any atom is 2.00 e. The number of pyridine rings is 2. The molecule has 6 aromatic rings. The third-order valence-corrected chi connectivity index (χ3v) is 8.47. The standard InChI is InChI=1S/C43H44N2.Pt/c1-41(2,3)27-29-19-21-35-33(23-29)25-37(44-39(35)31-15-11-9-12-16-31)43(7,8)38-26-34-24-30(28-42(4,5)6)20-22-36(34)40(45-38)32-17-13-10-14-18-32;/h9-15,17,19-26H,27-28H2,1-8H3;/q-2;+2. The van der Waals surface area contributed by atoms with Crippen molar-refractivity contribution in [3.05, 3.63) is 132 Å². The molecule has 0 radical (unpaired) electrons. The first kappa shape index (κ1) is 33.7. The van der Waals surface area contributed by atoms with Gasteiger partial charge in [-0.1, -0.05) is 77.9 Å².